The summed E-state index contributed by atoms with van der Waals surface area (Å²) in [6.45, 7) is 8.50. The summed E-state index contributed by atoms with van der Waals surface area (Å²) in [5.41, 5.74) is 4.60. The van der Waals surface area contributed by atoms with Crippen LogP contribution in [0.4, 0.5) is 10.5 Å². The van der Waals surface area contributed by atoms with E-state index >= 15 is 0 Å². The Morgan fingerprint density at radius 3 is 2.47 bits per heavy atom. The normalized spacial score (nSPS) is 10.8. The molecule has 0 aliphatic heterocycles. The number of carbonyl (C=O) groups is 2. The van der Waals surface area contributed by atoms with Gasteiger partial charge in [0.2, 0.25) is 0 Å². The molecule has 1 heterocycles. The van der Waals surface area contributed by atoms with Gasteiger partial charge in [-0.1, -0.05) is 24.3 Å². The van der Waals surface area contributed by atoms with Crippen molar-refractivity contribution in [1.82, 2.24) is 10.6 Å². The first-order chi connectivity index (χ1) is 17.4. The molecule has 0 aliphatic rings. The average molecular weight is 494 g/mol. The number of fused-ring (bicyclic) bond motifs is 1. The van der Waals surface area contributed by atoms with Gasteiger partial charge in [0.25, 0.3) is 0 Å². The molecule has 1 aromatic heterocycles. The SMILES string of the molecule is CCN(CC)c1ccc2c(C)c(CCNC(=O)NCc3cccc(CCC(=O)OC)c3)c(=O)oc2c1. The Bertz CT molecular complexity index is 1260. The van der Waals surface area contributed by atoms with Crippen LogP contribution < -0.4 is 21.2 Å². The van der Waals surface area contributed by atoms with Crippen LogP contribution in [0.25, 0.3) is 11.0 Å². The van der Waals surface area contributed by atoms with Gasteiger partial charge in [0.05, 0.1) is 7.11 Å². The van der Waals surface area contributed by atoms with Crippen molar-refractivity contribution >= 4 is 28.7 Å². The van der Waals surface area contributed by atoms with E-state index in [1.807, 2.05) is 49.4 Å². The molecule has 3 aromatic rings. The van der Waals surface area contributed by atoms with Crippen LogP contribution in [-0.4, -0.2) is 38.7 Å². The third kappa shape index (κ3) is 6.87. The van der Waals surface area contributed by atoms with Crippen molar-refractivity contribution in [2.75, 3.05) is 31.6 Å². The number of amides is 2. The third-order valence-electron chi connectivity index (χ3n) is 6.35. The summed E-state index contributed by atoms with van der Waals surface area (Å²) < 4.78 is 10.3. The number of methoxy groups -OCH3 is 1. The molecule has 2 amide bonds. The zero-order valence-electron chi connectivity index (χ0n) is 21.5. The second-order valence-electron chi connectivity index (χ2n) is 8.60. The Hall–Kier alpha value is -3.81. The van der Waals surface area contributed by atoms with Crippen LogP contribution >= 0.6 is 0 Å². The Morgan fingerprint density at radius 2 is 1.75 bits per heavy atom. The van der Waals surface area contributed by atoms with Crippen LogP contribution in [0.1, 0.15) is 42.5 Å². The molecule has 0 spiro atoms. The Kier molecular flexibility index (Phi) is 9.50. The van der Waals surface area contributed by atoms with E-state index in [4.69, 9.17) is 4.42 Å². The molecule has 8 heteroatoms. The second kappa shape index (κ2) is 12.8. The summed E-state index contributed by atoms with van der Waals surface area (Å²) in [5.74, 6) is -0.252. The van der Waals surface area contributed by atoms with E-state index in [1.54, 1.807) is 0 Å². The summed E-state index contributed by atoms with van der Waals surface area (Å²) in [6.07, 6.45) is 1.27. The van der Waals surface area contributed by atoms with Crippen molar-refractivity contribution in [3.05, 3.63) is 75.1 Å². The number of hydrogen-bond acceptors (Lipinski definition) is 6. The molecule has 0 saturated heterocycles. The van der Waals surface area contributed by atoms with Gasteiger partial charge in [0.15, 0.2) is 0 Å². The van der Waals surface area contributed by atoms with E-state index in [0.29, 0.717) is 43.5 Å². The highest BCUT2D eigenvalue weighted by Gasteiger charge is 2.13. The summed E-state index contributed by atoms with van der Waals surface area (Å²) in [7, 11) is 1.37. The van der Waals surface area contributed by atoms with Crippen LogP contribution in [0.15, 0.2) is 51.7 Å². The predicted octanol–water partition coefficient (Wildman–Crippen LogP) is 4.10. The van der Waals surface area contributed by atoms with Gasteiger partial charge in [0, 0.05) is 55.3 Å². The lowest BCUT2D eigenvalue weighted by atomic mass is 10.0. The highest BCUT2D eigenvalue weighted by molar-refractivity contribution is 5.84. The maximum absolute atomic E-state index is 12.7. The maximum atomic E-state index is 12.7. The Morgan fingerprint density at radius 1 is 1.00 bits per heavy atom. The van der Waals surface area contributed by atoms with Gasteiger partial charge >= 0.3 is 17.6 Å². The zero-order chi connectivity index (χ0) is 26.1. The predicted molar refractivity (Wildman–Crippen MR) is 142 cm³/mol. The largest absolute Gasteiger partial charge is 0.469 e. The molecule has 192 valence electrons. The number of carbonyl (C=O) groups excluding carboxylic acids is 2. The number of anilines is 1. The Balaban J connectivity index is 1.55. The zero-order valence-corrected chi connectivity index (χ0v) is 21.5. The van der Waals surface area contributed by atoms with Crippen molar-refractivity contribution in [1.29, 1.82) is 0 Å². The van der Waals surface area contributed by atoms with Crippen molar-refractivity contribution < 1.29 is 18.7 Å². The van der Waals surface area contributed by atoms with E-state index in [0.717, 1.165) is 40.9 Å². The molecule has 3 rings (SSSR count). The molecule has 0 atom stereocenters. The highest BCUT2D eigenvalue weighted by Crippen LogP contribution is 2.25. The van der Waals surface area contributed by atoms with Gasteiger partial charge in [0.1, 0.15) is 5.58 Å². The minimum Gasteiger partial charge on any atom is -0.469 e. The van der Waals surface area contributed by atoms with Crippen LogP contribution in [-0.2, 0) is 28.9 Å². The molecular weight excluding hydrogens is 458 g/mol. The summed E-state index contributed by atoms with van der Waals surface area (Å²) >= 11 is 0. The van der Waals surface area contributed by atoms with Gasteiger partial charge in [-0.2, -0.15) is 0 Å². The summed E-state index contributed by atoms with van der Waals surface area (Å²) in [4.78, 5) is 38.5. The fraction of sp³-hybridized carbons (Fsp3) is 0.393. The molecule has 8 nitrogen and oxygen atoms in total. The lowest BCUT2D eigenvalue weighted by Crippen LogP contribution is -2.36. The van der Waals surface area contributed by atoms with Crippen molar-refractivity contribution in [2.45, 2.75) is 46.6 Å². The number of rotatable bonds is 11. The minimum atomic E-state index is -0.373. The molecule has 0 radical (unpaired) electrons. The standard InChI is InChI=1S/C28H35N3O5/c1-5-31(6-2)22-11-12-23-19(3)24(27(33)36-25(23)17-22)14-15-29-28(34)30-18-21-9-7-8-20(16-21)10-13-26(32)35-4/h7-9,11-12,16-17H,5-6,10,13-15,18H2,1-4H3,(H2,29,30,34). The van der Waals surface area contributed by atoms with E-state index < -0.39 is 0 Å². The van der Waals surface area contributed by atoms with E-state index in [1.165, 1.54) is 7.11 Å². The number of benzene rings is 2. The molecule has 0 aliphatic carbocycles. The number of hydrogen-bond donors (Lipinski definition) is 2. The van der Waals surface area contributed by atoms with Gasteiger partial charge in [-0.3, -0.25) is 4.79 Å². The lowest BCUT2D eigenvalue weighted by Gasteiger charge is -2.21. The van der Waals surface area contributed by atoms with Crippen LogP contribution in [0.3, 0.4) is 0 Å². The summed E-state index contributed by atoms with van der Waals surface area (Å²) in [5, 5.41) is 6.53. The summed E-state index contributed by atoms with van der Waals surface area (Å²) in [6, 6.07) is 13.3. The molecule has 0 bridgehead atoms. The van der Waals surface area contributed by atoms with Crippen LogP contribution in [0.2, 0.25) is 0 Å². The molecule has 0 saturated carbocycles. The fourth-order valence-corrected chi connectivity index (χ4v) is 4.25. The minimum absolute atomic E-state index is 0.252. The number of esters is 1. The number of aryl methyl sites for hydroxylation is 2. The molecule has 2 aromatic carbocycles. The monoisotopic (exact) mass is 493 g/mol. The van der Waals surface area contributed by atoms with E-state index in [2.05, 4.69) is 34.1 Å². The number of nitrogens with zero attached hydrogens (tertiary/aromatic N) is 1. The van der Waals surface area contributed by atoms with Gasteiger partial charge in [-0.15, -0.1) is 0 Å². The average Bonchev–Trinajstić information content (AvgIpc) is 2.88. The first kappa shape index (κ1) is 26.8. The Labute approximate surface area is 211 Å². The van der Waals surface area contributed by atoms with Gasteiger partial charge in [-0.05, 0) is 62.4 Å². The molecule has 0 unspecified atom stereocenters. The van der Waals surface area contributed by atoms with E-state index in [-0.39, 0.29) is 17.6 Å². The molecule has 36 heavy (non-hydrogen) atoms. The van der Waals surface area contributed by atoms with Crippen molar-refractivity contribution in [3.63, 3.8) is 0 Å². The molecule has 0 fully saturated rings. The van der Waals surface area contributed by atoms with Crippen molar-refractivity contribution in [3.8, 4) is 0 Å². The van der Waals surface area contributed by atoms with Crippen LogP contribution in [0, 0.1) is 6.92 Å². The smallest absolute Gasteiger partial charge is 0.339 e. The quantitative estimate of drug-likeness (QED) is 0.308. The molecular formula is C28H35N3O5. The first-order valence-corrected chi connectivity index (χ1v) is 12.3. The fourth-order valence-electron chi connectivity index (χ4n) is 4.25. The van der Waals surface area contributed by atoms with Gasteiger partial charge < -0.3 is 24.7 Å². The van der Waals surface area contributed by atoms with Gasteiger partial charge in [-0.25, -0.2) is 9.59 Å². The number of urea groups is 1. The third-order valence-corrected chi connectivity index (χ3v) is 6.35. The van der Waals surface area contributed by atoms with E-state index in [9.17, 15) is 14.4 Å². The number of ether oxygens (including phenoxy) is 1. The highest BCUT2D eigenvalue weighted by atomic mass is 16.5. The maximum Gasteiger partial charge on any atom is 0.339 e. The second-order valence-corrected chi connectivity index (χ2v) is 8.60. The van der Waals surface area contributed by atoms with Crippen LogP contribution in [0.5, 0.6) is 0 Å². The molecule has 2 N–H and O–H groups in total. The first-order valence-electron chi connectivity index (χ1n) is 12.3. The van der Waals surface area contributed by atoms with Crippen molar-refractivity contribution in [2.24, 2.45) is 0 Å². The number of nitrogens with one attached hydrogen (secondary N) is 2. The topological polar surface area (TPSA) is 101 Å². The lowest BCUT2D eigenvalue weighted by molar-refractivity contribution is -0.140.